The van der Waals surface area contributed by atoms with Crippen molar-refractivity contribution in [3.8, 4) is 17.2 Å². The van der Waals surface area contributed by atoms with Crippen LogP contribution in [0.3, 0.4) is 0 Å². The van der Waals surface area contributed by atoms with Gasteiger partial charge >= 0.3 is 11.8 Å². The Morgan fingerprint density at radius 2 is 1.50 bits per heavy atom. The minimum Gasteiger partial charge on any atom is -0.497 e. The van der Waals surface area contributed by atoms with Gasteiger partial charge in [0.1, 0.15) is 17.2 Å². The molecule has 1 fully saturated rings. The third kappa shape index (κ3) is 3.54. The number of nitrogens with zero attached hydrogens (tertiary/aromatic N) is 4. The summed E-state index contributed by atoms with van der Waals surface area (Å²) in [4.78, 5) is 28.8. The summed E-state index contributed by atoms with van der Waals surface area (Å²) in [6.07, 6.45) is -0.573. The van der Waals surface area contributed by atoms with Crippen molar-refractivity contribution in [2.24, 2.45) is 5.11 Å². The van der Waals surface area contributed by atoms with Crippen LogP contribution in [0.2, 0.25) is 0 Å². The van der Waals surface area contributed by atoms with Crippen LogP contribution in [0.15, 0.2) is 47.6 Å². The number of azo groups is 2. The number of anilines is 1. The van der Waals surface area contributed by atoms with Gasteiger partial charge in [-0.1, -0.05) is 0 Å². The maximum Gasteiger partial charge on any atom is 0.502 e. The van der Waals surface area contributed by atoms with Crippen LogP contribution in [0.25, 0.3) is 0 Å². The van der Waals surface area contributed by atoms with Crippen molar-refractivity contribution in [1.29, 1.82) is 0 Å². The fourth-order valence-corrected chi connectivity index (χ4v) is 3.64. The second-order valence-electron chi connectivity index (χ2n) is 6.94. The highest BCUT2D eigenvalue weighted by atomic mass is 16.5. The van der Waals surface area contributed by atoms with Crippen molar-refractivity contribution in [3.63, 3.8) is 0 Å². The zero-order valence-electron chi connectivity index (χ0n) is 17.1. The van der Waals surface area contributed by atoms with Crippen molar-refractivity contribution < 1.29 is 28.5 Å². The summed E-state index contributed by atoms with van der Waals surface area (Å²) in [5.41, 5.74) is 1.65. The van der Waals surface area contributed by atoms with Gasteiger partial charge in [0.15, 0.2) is 0 Å². The molecule has 2 aliphatic rings. The van der Waals surface area contributed by atoms with Gasteiger partial charge in [-0.15, -0.1) is 0 Å². The molecule has 9 nitrogen and oxygen atoms in total. The molecule has 2 heterocycles. The van der Waals surface area contributed by atoms with Crippen molar-refractivity contribution >= 4 is 17.5 Å². The van der Waals surface area contributed by atoms with Gasteiger partial charge in [0.2, 0.25) is 6.54 Å². The number of amides is 2. The van der Waals surface area contributed by atoms with E-state index in [-0.39, 0.29) is 6.54 Å². The van der Waals surface area contributed by atoms with Gasteiger partial charge in [0.05, 0.1) is 21.3 Å². The highest BCUT2D eigenvalue weighted by Gasteiger charge is 2.49. The van der Waals surface area contributed by atoms with E-state index in [0.717, 1.165) is 17.0 Å². The molecule has 2 aromatic carbocycles. The van der Waals surface area contributed by atoms with Crippen LogP contribution in [-0.4, -0.2) is 62.1 Å². The number of carbonyl (C=O) groups is 2. The number of hydrogen-bond donors (Lipinski definition) is 0. The maximum atomic E-state index is 12.7. The Labute approximate surface area is 174 Å². The zero-order chi connectivity index (χ0) is 21.3. The van der Waals surface area contributed by atoms with Crippen LogP contribution >= 0.6 is 0 Å². The third-order valence-corrected chi connectivity index (χ3v) is 5.21. The molecule has 156 valence electrons. The van der Waals surface area contributed by atoms with E-state index < -0.39 is 18.1 Å². The van der Waals surface area contributed by atoms with Gasteiger partial charge in [-0.05, 0) is 41.1 Å². The molecule has 0 saturated carbocycles. The Kier molecular flexibility index (Phi) is 5.26. The lowest BCUT2D eigenvalue weighted by atomic mass is 10.2. The number of fused-ring (bicyclic) bond motifs is 1. The second kappa shape index (κ2) is 8.02. The minimum absolute atomic E-state index is 0.138. The molecule has 2 aromatic rings. The molecule has 0 N–H and O–H groups in total. The minimum atomic E-state index is -0.649. The van der Waals surface area contributed by atoms with E-state index in [1.807, 2.05) is 29.2 Å². The van der Waals surface area contributed by atoms with Gasteiger partial charge in [-0.25, -0.2) is 4.79 Å². The largest absolute Gasteiger partial charge is 0.502 e. The first-order valence-corrected chi connectivity index (χ1v) is 9.50. The van der Waals surface area contributed by atoms with E-state index in [2.05, 4.69) is 5.11 Å². The SMILES string of the molecule is COc1ccc(N2CCN3C(=O)C(=O)[N+](Cc4cc(OC)cc(OC)c4)=NC32)cc1. The molecule has 0 bridgehead atoms. The fourth-order valence-electron chi connectivity index (χ4n) is 3.64. The number of hydrogen-bond acceptors (Lipinski definition) is 7. The Morgan fingerprint density at radius 1 is 0.900 bits per heavy atom. The summed E-state index contributed by atoms with van der Waals surface area (Å²) < 4.78 is 17.0. The zero-order valence-corrected chi connectivity index (χ0v) is 17.1. The van der Waals surface area contributed by atoms with Crippen LogP contribution in [0, 0.1) is 0 Å². The summed E-state index contributed by atoms with van der Waals surface area (Å²) in [5, 5.41) is 4.58. The van der Waals surface area contributed by atoms with Crippen LogP contribution < -0.4 is 19.1 Å². The molecule has 0 spiro atoms. The number of methoxy groups -OCH3 is 3. The monoisotopic (exact) mass is 411 g/mol. The fraction of sp³-hybridized carbons (Fsp3) is 0.333. The number of rotatable bonds is 6. The molecule has 4 rings (SSSR count). The molecule has 0 radical (unpaired) electrons. The van der Waals surface area contributed by atoms with Gasteiger partial charge in [0, 0.05) is 35.5 Å². The lowest BCUT2D eigenvalue weighted by Crippen LogP contribution is -2.51. The summed E-state index contributed by atoms with van der Waals surface area (Å²) in [6.45, 7) is 1.16. The predicted octanol–water partition coefficient (Wildman–Crippen LogP) is 1.85. The van der Waals surface area contributed by atoms with Crippen molar-refractivity contribution in [1.82, 2.24) is 4.90 Å². The van der Waals surface area contributed by atoms with Gasteiger partial charge in [-0.2, -0.15) is 0 Å². The molecule has 2 amide bonds. The van der Waals surface area contributed by atoms with E-state index >= 15 is 0 Å². The quantitative estimate of drug-likeness (QED) is 0.533. The number of ether oxygens (including phenoxy) is 3. The van der Waals surface area contributed by atoms with E-state index in [0.29, 0.717) is 24.6 Å². The molecular formula is C21H23N4O5+. The summed E-state index contributed by atoms with van der Waals surface area (Å²) in [7, 11) is 4.72. The van der Waals surface area contributed by atoms with E-state index in [1.54, 1.807) is 39.5 Å². The Hall–Kier alpha value is -3.62. The second-order valence-corrected chi connectivity index (χ2v) is 6.94. The molecule has 30 heavy (non-hydrogen) atoms. The Balaban J connectivity index is 1.65. The van der Waals surface area contributed by atoms with Crippen LogP contribution in [0.4, 0.5) is 5.69 Å². The molecule has 0 aliphatic carbocycles. The predicted molar refractivity (Wildman–Crippen MR) is 107 cm³/mol. The van der Waals surface area contributed by atoms with Crippen LogP contribution in [0.5, 0.6) is 17.2 Å². The van der Waals surface area contributed by atoms with Crippen LogP contribution in [-0.2, 0) is 16.1 Å². The molecular weight excluding hydrogens is 388 g/mol. The van der Waals surface area contributed by atoms with Crippen molar-refractivity contribution in [3.05, 3.63) is 48.0 Å². The summed E-state index contributed by atoms with van der Waals surface area (Å²) >= 11 is 0. The maximum absolute atomic E-state index is 12.7. The summed E-state index contributed by atoms with van der Waals surface area (Å²) in [6, 6.07) is 12.9. The topological polar surface area (TPSA) is 83.7 Å². The first-order valence-electron chi connectivity index (χ1n) is 9.50. The smallest absolute Gasteiger partial charge is 0.497 e. The highest BCUT2D eigenvalue weighted by Crippen LogP contribution is 2.29. The lowest BCUT2D eigenvalue weighted by molar-refractivity contribution is -0.534. The third-order valence-electron chi connectivity index (χ3n) is 5.21. The molecule has 9 heteroatoms. The number of benzene rings is 2. The van der Waals surface area contributed by atoms with Gasteiger partial charge in [-0.3, -0.25) is 9.69 Å². The summed E-state index contributed by atoms with van der Waals surface area (Å²) in [5.74, 6) is 0.741. The molecule has 1 atom stereocenters. The normalized spacial score (nSPS) is 18.2. The Morgan fingerprint density at radius 3 is 2.10 bits per heavy atom. The van der Waals surface area contributed by atoms with Crippen molar-refractivity contribution in [2.75, 3.05) is 39.3 Å². The first kappa shape index (κ1) is 19.7. The van der Waals surface area contributed by atoms with E-state index in [9.17, 15) is 9.59 Å². The molecule has 1 saturated heterocycles. The Bertz CT molecular complexity index is 983. The molecule has 2 aliphatic heterocycles. The van der Waals surface area contributed by atoms with Crippen LogP contribution in [0.1, 0.15) is 5.56 Å². The average Bonchev–Trinajstić information content (AvgIpc) is 3.20. The first-order chi connectivity index (χ1) is 14.5. The van der Waals surface area contributed by atoms with E-state index in [1.165, 1.54) is 9.60 Å². The highest BCUT2D eigenvalue weighted by molar-refractivity contribution is 6.31. The number of carbonyl (C=O) groups excluding carboxylic acids is 2. The standard InChI is InChI=1S/C21H23N4O5/c1-28-16-6-4-15(5-7-16)23-8-9-24-19(26)20(27)25(22-21(23)24)13-14-10-17(29-2)12-18(11-14)30-3/h4-7,10-12,21H,8-9,13H2,1-3H3/q+1. The molecule has 0 aromatic heterocycles. The molecule has 1 unspecified atom stereocenters. The van der Waals surface area contributed by atoms with Gasteiger partial charge in [0.25, 0.3) is 6.29 Å². The van der Waals surface area contributed by atoms with Gasteiger partial charge < -0.3 is 19.1 Å². The van der Waals surface area contributed by atoms with E-state index in [4.69, 9.17) is 14.2 Å². The van der Waals surface area contributed by atoms with Crippen molar-refractivity contribution in [2.45, 2.75) is 12.8 Å². The average molecular weight is 411 g/mol. The lowest BCUT2D eigenvalue weighted by Gasteiger charge is -2.27.